The van der Waals surface area contributed by atoms with Gasteiger partial charge in [0.05, 0.1) is 20.8 Å². The Bertz CT molecular complexity index is 885. The topological polar surface area (TPSA) is 77.1 Å². The molecule has 2 amide bonds. The minimum absolute atomic E-state index is 0.103. The van der Waals surface area contributed by atoms with Gasteiger partial charge in [0.25, 0.3) is 5.91 Å². The first-order valence-electron chi connectivity index (χ1n) is 9.69. The van der Waals surface area contributed by atoms with Crippen LogP contribution in [-0.4, -0.2) is 57.7 Å². The number of anilines is 1. The van der Waals surface area contributed by atoms with Crippen LogP contribution in [0.25, 0.3) is 0 Å². The molecule has 30 heavy (non-hydrogen) atoms. The van der Waals surface area contributed by atoms with Crippen molar-refractivity contribution in [3.63, 3.8) is 0 Å². The van der Waals surface area contributed by atoms with Crippen molar-refractivity contribution in [1.29, 1.82) is 0 Å². The van der Waals surface area contributed by atoms with Crippen molar-refractivity contribution in [3.05, 3.63) is 52.6 Å². The summed E-state index contributed by atoms with van der Waals surface area (Å²) < 4.78 is 15.9. The second kappa shape index (κ2) is 10.6. The Kier molecular flexibility index (Phi) is 8.24. The first-order valence-corrected chi connectivity index (χ1v) is 9.69. The van der Waals surface area contributed by atoms with E-state index in [0.717, 1.165) is 22.4 Å². The summed E-state index contributed by atoms with van der Waals surface area (Å²) in [7, 11) is 4.63. The molecule has 0 atom stereocenters. The van der Waals surface area contributed by atoms with E-state index in [1.54, 1.807) is 19.2 Å². The van der Waals surface area contributed by atoms with Crippen molar-refractivity contribution in [1.82, 2.24) is 4.90 Å². The van der Waals surface area contributed by atoms with Crippen molar-refractivity contribution in [2.45, 2.75) is 20.8 Å². The summed E-state index contributed by atoms with van der Waals surface area (Å²) in [4.78, 5) is 27.3. The zero-order valence-electron chi connectivity index (χ0n) is 18.5. The molecule has 7 nitrogen and oxygen atoms in total. The lowest BCUT2D eigenvalue weighted by atomic mass is 10.1. The zero-order chi connectivity index (χ0) is 22.3. The molecule has 0 heterocycles. The monoisotopic (exact) mass is 414 g/mol. The Hall–Kier alpha value is -3.06. The highest BCUT2D eigenvalue weighted by Gasteiger charge is 2.22. The molecule has 7 heteroatoms. The van der Waals surface area contributed by atoms with E-state index in [1.807, 2.05) is 39.0 Å². The summed E-state index contributed by atoms with van der Waals surface area (Å²) in [6, 6.07) is 9.02. The lowest BCUT2D eigenvalue weighted by Crippen LogP contribution is -2.40. The number of ether oxygens (including phenoxy) is 3. The molecule has 0 spiro atoms. The van der Waals surface area contributed by atoms with Crippen LogP contribution in [-0.2, 0) is 9.53 Å². The van der Waals surface area contributed by atoms with Crippen molar-refractivity contribution in [3.8, 4) is 11.5 Å². The first kappa shape index (κ1) is 23.2. The van der Waals surface area contributed by atoms with Crippen LogP contribution < -0.4 is 14.8 Å². The summed E-state index contributed by atoms with van der Waals surface area (Å²) >= 11 is 0. The van der Waals surface area contributed by atoms with E-state index < -0.39 is 0 Å². The minimum atomic E-state index is -0.306. The van der Waals surface area contributed by atoms with Gasteiger partial charge < -0.3 is 24.4 Å². The van der Waals surface area contributed by atoms with Gasteiger partial charge in [-0.25, -0.2) is 0 Å². The maximum Gasteiger partial charge on any atom is 0.254 e. The van der Waals surface area contributed by atoms with E-state index in [4.69, 9.17) is 14.2 Å². The Morgan fingerprint density at radius 1 is 0.967 bits per heavy atom. The fraction of sp³-hybridized carbons (Fsp3) is 0.391. The number of hydrogen-bond acceptors (Lipinski definition) is 5. The standard InChI is InChI=1S/C23H30N2O5/c1-15-8-7-9-19(16(15)2)24-22(26)14-25(10-11-28-4)23(27)18-12-20(29-5)17(3)21(13-18)30-6/h7-9,12-13H,10-11,14H2,1-6H3,(H,24,26). The average molecular weight is 415 g/mol. The lowest BCUT2D eigenvalue weighted by Gasteiger charge is -2.23. The van der Waals surface area contributed by atoms with Gasteiger partial charge >= 0.3 is 0 Å². The summed E-state index contributed by atoms with van der Waals surface area (Å²) in [6.45, 7) is 6.26. The smallest absolute Gasteiger partial charge is 0.254 e. The molecule has 1 N–H and O–H groups in total. The fourth-order valence-electron chi connectivity index (χ4n) is 3.10. The molecule has 0 unspecified atom stereocenters. The van der Waals surface area contributed by atoms with Crippen LogP contribution >= 0.6 is 0 Å². The number of nitrogens with one attached hydrogen (secondary N) is 1. The molecule has 0 bridgehead atoms. The van der Waals surface area contributed by atoms with E-state index in [9.17, 15) is 9.59 Å². The van der Waals surface area contributed by atoms with Gasteiger partial charge in [-0.2, -0.15) is 0 Å². The highest BCUT2D eigenvalue weighted by Crippen LogP contribution is 2.30. The van der Waals surface area contributed by atoms with E-state index in [1.165, 1.54) is 19.1 Å². The fourth-order valence-corrected chi connectivity index (χ4v) is 3.10. The van der Waals surface area contributed by atoms with E-state index in [-0.39, 0.29) is 24.9 Å². The van der Waals surface area contributed by atoms with Gasteiger partial charge in [-0.15, -0.1) is 0 Å². The molecule has 0 aliphatic rings. The number of nitrogens with zero attached hydrogens (tertiary/aromatic N) is 1. The Balaban J connectivity index is 2.25. The van der Waals surface area contributed by atoms with Crippen LogP contribution in [0.2, 0.25) is 0 Å². The number of carbonyl (C=O) groups is 2. The SMILES string of the molecule is COCCN(CC(=O)Nc1cccc(C)c1C)C(=O)c1cc(OC)c(C)c(OC)c1. The van der Waals surface area contributed by atoms with Crippen molar-refractivity contribution < 1.29 is 23.8 Å². The third-order valence-corrected chi connectivity index (χ3v) is 5.06. The van der Waals surface area contributed by atoms with E-state index in [2.05, 4.69) is 5.32 Å². The second-order valence-corrected chi connectivity index (χ2v) is 7.02. The molecule has 0 aliphatic carbocycles. The van der Waals surface area contributed by atoms with Gasteiger partial charge in [0.1, 0.15) is 18.0 Å². The Labute approximate surface area is 177 Å². The summed E-state index contributed by atoms with van der Waals surface area (Å²) in [5.41, 5.74) is 3.99. The molecule has 0 aliphatic heterocycles. The molecule has 0 saturated heterocycles. The van der Waals surface area contributed by atoms with Crippen molar-refractivity contribution in [2.75, 3.05) is 46.3 Å². The van der Waals surface area contributed by atoms with E-state index in [0.29, 0.717) is 23.7 Å². The summed E-state index contributed by atoms with van der Waals surface area (Å²) in [5.74, 6) is 0.507. The van der Waals surface area contributed by atoms with Crippen LogP contribution in [0.15, 0.2) is 30.3 Å². The maximum absolute atomic E-state index is 13.2. The normalized spacial score (nSPS) is 10.5. The lowest BCUT2D eigenvalue weighted by molar-refractivity contribution is -0.117. The number of methoxy groups -OCH3 is 3. The first-order chi connectivity index (χ1) is 14.3. The van der Waals surface area contributed by atoms with Gasteiger partial charge in [0.2, 0.25) is 5.91 Å². The number of hydrogen-bond donors (Lipinski definition) is 1. The highest BCUT2D eigenvalue weighted by molar-refractivity contribution is 6.00. The molecular weight excluding hydrogens is 384 g/mol. The Morgan fingerprint density at radius 2 is 1.60 bits per heavy atom. The van der Waals surface area contributed by atoms with Crippen LogP contribution in [0.5, 0.6) is 11.5 Å². The number of amides is 2. The molecule has 0 fully saturated rings. The zero-order valence-corrected chi connectivity index (χ0v) is 18.5. The highest BCUT2D eigenvalue weighted by atomic mass is 16.5. The van der Waals surface area contributed by atoms with Crippen LogP contribution in [0, 0.1) is 20.8 Å². The van der Waals surface area contributed by atoms with Gasteiger partial charge in [0.15, 0.2) is 0 Å². The Morgan fingerprint density at radius 3 is 2.17 bits per heavy atom. The molecule has 0 radical (unpaired) electrons. The van der Waals surface area contributed by atoms with Crippen molar-refractivity contribution >= 4 is 17.5 Å². The van der Waals surface area contributed by atoms with Crippen LogP contribution in [0.4, 0.5) is 5.69 Å². The third kappa shape index (κ3) is 5.51. The average Bonchev–Trinajstić information content (AvgIpc) is 2.74. The van der Waals surface area contributed by atoms with E-state index >= 15 is 0 Å². The van der Waals surface area contributed by atoms with Crippen LogP contribution in [0.1, 0.15) is 27.0 Å². The molecular formula is C23H30N2O5. The molecule has 2 rings (SSSR count). The largest absolute Gasteiger partial charge is 0.496 e. The number of carbonyl (C=O) groups excluding carboxylic acids is 2. The number of benzene rings is 2. The predicted octanol–water partition coefficient (Wildman–Crippen LogP) is 3.36. The van der Waals surface area contributed by atoms with Gasteiger partial charge in [-0.05, 0) is 50.1 Å². The second-order valence-electron chi connectivity index (χ2n) is 7.02. The molecule has 0 aromatic heterocycles. The minimum Gasteiger partial charge on any atom is -0.496 e. The quantitative estimate of drug-likeness (QED) is 0.681. The summed E-state index contributed by atoms with van der Waals surface area (Å²) in [5, 5.41) is 2.90. The summed E-state index contributed by atoms with van der Waals surface area (Å²) in [6.07, 6.45) is 0. The maximum atomic E-state index is 13.2. The molecule has 162 valence electrons. The predicted molar refractivity (Wildman–Crippen MR) is 117 cm³/mol. The van der Waals surface area contributed by atoms with Crippen LogP contribution in [0.3, 0.4) is 0 Å². The van der Waals surface area contributed by atoms with Gasteiger partial charge in [0, 0.05) is 30.5 Å². The van der Waals surface area contributed by atoms with Crippen molar-refractivity contribution in [2.24, 2.45) is 0 Å². The number of aryl methyl sites for hydroxylation is 1. The molecule has 2 aromatic rings. The number of rotatable bonds is 9. The third-order valence-electron chi connectivity index (χ3n) is 5.06. The molecule has 0 saturated carbocycles. The molecule has 2 aromatic carbocycles. The van der Waals surface area contributed by atoms with Gasteiger partial charge in [-0.3, -0.25) is 9.59 Å². The van der Waals surface area contributed by atoms with Gasteiger partial charge in [-0.1, -0.05) is 12.1 Å².